The van der Waals surface area contributed by atoms with E-state index in [-0.39, 0.29) is 16.5 Å². The largest absolute Gasteiger partial charge is 0.466 e. The highest BCUT2D eigenvalue weighted by Gasteiger charge is 2.34. The van der Waals surface area contributed by atoms with Crippen molar-refractivity contribution >= 4 is 52.1 Å². The molecule has 1 N–H and O–H groups in total. The highest BCUT2D eigenvalue weighted by Crippen LogP contribution is 2.23. The van der Waals surface area contributed by atoms with Gasteiger partial charge >= 0.3 is 5.97 Å². The molecule has 0 saturated carbocycles. The van der Waals surface area contributed by atoms with Crippen LogP contribution in [0.1, 0.15) is 5.56 Å². The van der Waals surface area contributed by atoms with Gasteiger partial charge in [-0.1, -0.05) is 41.9 Å². The summed E-state index contributed by atoms with van der Waals surface area (Å²) in [6.45, 7) is 0. The summed E-state index contributed by atoms with van der Waals surface area (Å²) < 4.78 is 4.64. The number of hydrogen-bond acceptors (Lipinski definition) is 5. The van der Waals surface area contributed by atoms with E-state index in [4.69, 9.17) is 23.8 Å². The zero-order valence-corrected chi connectivity index (χ0v) is 15.8. The standard InChI is InChI=1S/C19H14ClN3O3S/c1-26-16(24)11-15-18(25)17(12-7-9-13(20)10-8-12)22-23(15)19(27)21-14-5-3-2-4-6-14/h2-11H,1H3,(H,21,27)/b15-11+. The molecule has 0 aliphatic carbocycles. The molecular formula is C19H14ClN3O3S. The Balaban J connectivity index is 1.97. The molecule has 6 nitrogen and oxygen atoms in total. The number of esters is 1. The van der Waals surface area contributed by atoms with Crippen molar-refractivity contribution in [1.29, 1.82) is 0 Å². The molecule has 0 bridgehead atoms. The van der Waals surface area contributed by atoms with Gasteiger partial charge in [-0.3, -0.25) is 4.79 Å². The number of benzene rings is 2. The normalized spacial score (nSPS) is 14.9. The van der Waals surface area contributed by atoms with E-state index < -0.39 is 11.8 Å². The minimum atomic E-state index is -0.682. The van der Waals surface area contributed by atoms with Crippen molar-refractivity contribution in [1.82, 2.24) is 5.01 Å². The highest BCUT2D eigenvalue weighted by atomic mass is 35.5. The van der Waals surface area contributed by atoms with Gasteiger partial charge in [-0.15, -0.1) is 0 Å². The van der Waals surface area contributed by atoms with E-state index in [0.29, 0.717) is 10.6 Å². The van der Waals surface area contributed by atoms with Gasteiger partial charge in [0.1, 0.15) is 11.4 Å². The third-order valence-corrected chi connectivity index (χ3v) is 4.19. The molecule has 0 spiro atoms. The first kappa shape index (κ1) is 18.8. The summed E-state index contributed by atoms with van der Waals surface area (Å²) in [5.41, 5.74) is 1.44. The van der Waals surface area contributed by atoms with Crippen LogP contribution in [-0.2, 0) is 14.3 Å². The maximum atomic E-state index is 12.8. The summed E-state index contributed by atoms with van der Waals surface area (Å²) in [6, 6.07) is 15.8. The number of nitrogens with zero attached hydrogens (tertiary/aromatic N) is 2. The second-order valence-corrected chi connectivity index (χ2v) is 6.27. The molecule has 136 valence electrons. The van der Waals surface area contributed by atoms with Gasteiger partial charge in [-0.2, -0.15) is 5.10 Å². The average molecular weight is 400 g/mol. The number of halogens is 1. The number of ether oxygens (including phenoxy) is 1. The molecule has 3 rings (SSSR count). The number of anilines is 1. The number of hydrogen-bond donors (Lipinski definition) is 1. The molecule has 2 aromatic rings. The Morgan fingerprint density at radius 1 is 1.19 bits per heavy atom. The number of hydrazone groups is 1. The van der Waals surface area contributed by atoms with E-state index in [2.05, 4.69) is 15.2 Å². The molecule has 0 aromatic heterocycles. The van der Waals surface area contributed by atoms with Crippen molar-refractivity contribution in [3.63, 3.8) is 0 Å². The smallest absolute Gasteiger partial charge is 0.332 e. The van der Waals surface area contributed by atoms with E-state index in [0.717, 1.165) is 11.8 Å². The fourth-order valence-corrected chi connectivity index (χ4v) is 2.75. The van der Waals surface area contributed by atoms with Gasteiger partial charge in [-0.25, -0.2) is 9.80 Å². The molecule has 27 heavy (non-hydrogen) atoms. The van der Waals surface area contributed by atoms with Crippen molar-refractivity contribution in [2.45, 2.75) is 0 Å². The van der Waals surface area contributed by atoms with Crippen molar-refractivity contribution in [3.05, 3.63) is 77.0 Å². The molecule has 0 amide bonds. The van der Waals surface area contributed by atoms with Gasteiger partial charge in [0.05, 0.1) is 13.2 Å². The van der Waals surface area contributed by atoms with Gasteiger partial charge < -0.3 is 10.1 Å². The number of rotatable bonds is 3. The Morgan fingerprint density at radius 2 is 1.85 bits per heavy atom. The fraction of sp³-hybridized carbons (Fsp3) is 0.0526. The third-order valence-electron chi connectivity index (χ3n) is 3.67. The lowest BCUT2D eigenvalue weighted by atomic mass is 10.1. The number of allylic oxidation sites excluding steroid dienone is 1. The van der Waals surface area contributed by atoms with Gasteiger partial charge in [0.25, 0.3) is 0 Å². The van der Waals surface area contributed by atoms with E-state index in [9.17, 15) is 9.59 Å². The minimum absolute atomic E-state index is 0.000214. The Morgan fingerprint density at radius 3 is 2.48 bits per heavy atom. The van der Waals surface area contributed by atoms with Gasteiger partial charge in [0, 0.05) is 16.3 Å². The van der Waals surface area contributed by atoms with E-state index >= 15 is 0 Å². The Bertz CT molecular complexity index is 956. The Hall–Kier alpha value is -3.03. The van der Waals surface area contributed by atoms with Gasteiger partial charge in [0.15, 0.2) is 5.11 Å². The molecular weight excluding hydrogens is 386 g/mol. The minimum Gasteiger partial charge on any atom is -0.466 e. The average Bonchev–Trinajstić information content (AvgIpc) is 3.00. The van der Waals surface area contributed by atoms with Crippen molar-refractivity contribution in [2.24, 2.45) is 5.10 Å². The number of nitrogens with one attached hydrogen (secondary N) is 1. The van der Waals surface area contributed by atoms with Crippen LogP contribution in [0, 0.1) is 0 Å². The van der Waals surface area contributed by atoms with Crippen LogP contribution in [-0.4, -0.2) is 34.7 Å². The summed E-state index contributed by atoms with van der Waals surface area (Å²) in [6.07, 6.45) is 1.06. The second kappa shape index (κ2) is 8.11. The fourth-order valence-electron chi connectivity index (χ4n) is 2.36. The summed E-state index contributed by atoms with van der Waals surface area (Å²) in [4.78, 5) is 24.6. The van der Waals surface area contributed by atoms with Crippen LogP contribution in [0.25, 0.3) is 0 Å². The Labute approximate surface area is 166 Å². The maximum absolute atomic E-state index is 12.8. The second-order valence-electron chi connectivity index (χ2n) is 5.45. The van der Waals surface area contributed by atoms with Crippen molar-refractivity contribution < 1.29 is 14.3 Å². The lowest BCUT2D eigenvalue weighted by Crippen LogP contribution is -2.29. The number of Topliss-reactive ketones (excluding diaryl/α,β-unsaturated/α-hetero) is 1. The first-order valence-electron chi connectivity index (χ1n) is 7.84. The molecule has 1 aliphatic heterocycles. The number of carbonyl (C=O) groups excluding carboxylic acids is 2. The van der Waals surface area contributed by atoms with Crippen LogP contribution in [0.2, 0.25) is 5.02 Å². The number of carbonyl (C=O) groups is 2. The van der Waals surface area contributed by atoms with E-state index in [1.54, 1.807) is 24.3 Å². The maximum Gasteiger partial charge on any atom is 0.332 e. The molecule has 0 unspecified atom stereocenters. The number of ketones is 1. The first-order chi connectivity index (χ1) is 13.0. The Kier molecular flexibility index (Phi) is 5.63. The molecule has 1 aliphatic rings. The van der Waals surface area contributed by atoms with Crippen molar-refractivity contribution in [2.75, 3.05) is 12.4 Å². The predicted octanol–water partition coefficient (Wildman–Crippen LogP) is 3.38. The molecule has 0 radical (unpaired) electrons. The first-order valence-corrected chi connectivity index (χ1v) is 8.63. The highest BCUT2D eigenvalue weighted by molar-refractivity contribution is 7.80. The molecule has 1 heterocycles. The predicted molar refractivity (Wildman–Crippen MR) is 108 cm³/mol. The van der Waals surface area contributed by atoms with E-state index in [1.807, 2.05) is 30.3 Å². The zero-order chi connectivity index (χ0) is 19.4. The quantitative estimate of drug-likeness (QED) is 0.484. The van der Waals surface area contributed by atoms with Crippen molar-refractivity contribution in [3.8, 4) is 0 Å². The molecule has 0 atom stereocenters. The van der Waals surface area contributed by atoms with Crippen LogP contribution < -0.4 is 5.32 Å². The SMILES string of the molecule is COC(=O)/C=C1\C(=O)C(c2ccc(Cl)cc2)=NN1C(=S)Nc1ccccc1. The summed E-state index contributed by atoms with van der Waals surface area (Å²) in [7, 11) is 1.23. The molecule has 0 fully saturated rings. The summed E-state index contributed by atoms with van der Waals surface area (Å²) in [5, 5.41) is 9.20. The van der Waals surface area contributed by atoms with Gasteiger partial charge in [-0.05, 0) is 36.5 Å². The van der Waals surface area contributed by atoms with E-state index in [1.165, 1.54) is 12.1 Å². The van der Waals surface area contributed by atoms with Crippen LogP contribution in [0.5, 0.6) is 0 Å². The van der Waals surface area contributed by atoms with Crippen LogP contribution in [0.3, 0.4) is 0 Å². The number of thiocarbonyl (C=S) groups is 1. The number of para-hydroxylation sites is 1. The topological polar surface area (TPSA) is 71.0 Å². The third kappa shape index (κ3) is 4.21. The molecule has 2 aromatic carbocycles. The molecule has 0 saturated heterocycles. The molecule has 8 heteroatoms. The summed E-state index contributed by atoms with van der Waals surface area (Å²) >= 11 is 11.3. The summed E-state index contributed by atoms with van der Waals surface area (Å²) in [5.74, 6) is -1.13. The number of methoxy groups -OCH3 is 1. The lowest BCUT2D eigenvalue weighted by molar-refractivity contribution is -0.135. The van der Waals surface area contributed by atoms with Gasteiger partial charge in [0.2, 0.25) is 5.78 Å². The zero-order valence-electron chi connectivity index (χ0n) is 14.2. The monoisotopic (exact) mass is 399 g/mol. The lowest BCUT2D eigenvalue weighted by Gasteiger charge is -2.17. The van der Waals surface area contributed by atoms with Crippen LogP contribution >= 0.6 is 23.8 Å². The van der Waals surface area contributed by atoms with Crippen LogP contribution in [0.15, 0.2) is 71.5 Å². The van der Waals surface area contributed by atoms with Crippen LogP contribution in [0.4, 0.5) is 5.69 Å².